The van der Waals surface area contributed by atoms with Crippen molar-refractivity contribution in [2.75, 3.05) is 5.32 Å². The first-order valence-corrected chi connectivity index (χ1v) is 10.2. The number of hydrogen-bond acceptors (Lipinski definition) is 3. The van der Waals surface area contributed by atoms with E-state index in [0.717, 1.165) is 39.7 Å². The summed E-state index contributed by atoms with van der Waals surface area (Å²) in [6, 6.07) is 17.5. The highest BCUT2D eigenvalue weighted by atomic mass is 35.5. The highest BCUT2D eigenvalue weighted by molar-refractivity contribution is 6.31. The fraction of sp³-hybridized carbons (Fsp3) is 0.217. The van der Waals surface area contributed by atoms with Gasteiger partial charge in [-0.1, -0.05) is 62.2 Å². The molecule has 0 spiro atoms. The maximum Gasteiger partial charge on any atom is 0.165 e. The molecule has 0 aliphatic heterocycles. The molecule has 2 aromatic heterocycles. The van der Waals surface area contributed by atoms with Gasteiger partial charge < -0.3 is 5.32 Å². The second-order valence-corrected chi connectivity index (χ2v) is 8.99. The van der Waals surface area contributed by atoms with Crippen LogP contribution >= 0.6 is 23.2 Å². The predicted molar refractivity (Wildman–Crippen MR) is 122 cm³/mol. The Morgan fingerprint density at radius 2 is 1.66 bits per heavy atom. The van der Waals surface area contributed by atoms with Gasteiger partial charge in [0.15, 0.2) is 5.65 Å². The molecule has 6 heteroatoms. The molecule has 0 saturated heterocycles. The minimum absolute atomic E-state index is 0.123. The van der Waals surface area contributed by atoms with Crippen molar-refractivity contribution in [1.29, 1.82) is 0 Å². The van der Waals surface area contributed by atoms with Gasteiger partial charge in [0.1, 0.15) is 5.82 Å². The van der Waals surface area contributed by atoms with Gasteiger partial charge in [-0.15, -0.1) is 0 Å². The average Bonchev–Trinajstić information content (AvgIpc) is 2.98. The Balaban J connectivity index is 1.95. The Labute approximate surface area is 180 Å². The molecular formula is C23H22Cl2N4. The molecule has 1 N–H and O–H groups in total. The molecule has 0 unspecified atom stereocenters. The number of fused-ring (bicyclic) bond motifs is 1. The van der Waals surface area contributed by atoms with Gasteiger partial charge in [-0.2, -0.15) is 9.61 Å². The first-order valence-electron chi connectivity index (χ1n) is 9.42. The second kappa shape index (κ2) is 7.36. The van der Waals surface area contributed by atoms with Crippen molar-refractivity contribution < 1.29 is 0 Å². The van der Waals surface area contributed by atoms with Crippen molar-refractivity contribution in [1.82, 2.24) is 14.6 Å². The minimum atomic E-state index is -0.123. The Morgan fingerprint density at radius 3 is 2.31 bits per heavy atom. The van der Waals surface area contributed by atoms with E-state index in [0.29, 0.717) is 10.0 Å². The van der Waals surface area contributed by atoms with Crippen LogP contribution in [0.5, 0.6) is 0 Å². The van der Waals surface area contributed by atoms with Crippen LogP contribution in [0.2, 0.25) is 10.0 Å². The zero-order valence-corrected chi connectivity index (χ0v) is 18.3. The minimum Gasteiger partial charge on any atom is -0.340 e. The predicted octanol–water partition coefficient (Wildman–Crippen LogP) is 7.05. The first kappa shape index (κ1) is 19.7. The summed E-state index contributed by atoms with van der Waals surface area (Å²) in [4.78, 5) is 4.99. The number of hydrogen-bond donors (Lipinski definition) is 1. The smallest absolute Gasteiger partial charge is 0.165 e. The fourth-order valence-corrected chi connectivity index (χ4v) is 3.58. The number of aryl methyl sites for hydroxylation is 1. The van der Waals surface area contributed by atoms with Crippen molar-refractivity contribution in [2.45, 2.75) is 33.1 Å². The molecule has 0 saturated carbocycles. The summed E-state index contributed by atoms with van der Waals surface area (Å²) in [7, 11) is 0. The summed E-state index contributed by atoms with van der Waals surface area (Å²) in [6.07, 6.45) is 0. The molecule has 0 atom stereocenters. The van der Waals surface area contributed by atoms with E-state index in [4.69, 9.17) is 33.3 Å². The monoisotopic (exact) mass is 424 g/mol. The number of aromatic nitrogens is 3. The normalized spacial score (nSPS) is 11.8. The van der Waals surface area contributed by atoms with E-state index in [1.165, 1.54) is 0 Å². The molecule has 0 amide bonds. The summed E-state index contributed by atoms with van der Waals surface area (Å²) in [6.45, 7) is 8.46. The van der Waals surface area contributed by atoms with Crippen LogP contribution in [-0.4, -0.2) is 14.6 Å². The zero-order chi connectivity index (χ0) is 20.8. The number of benzene rings is 2. The van der Waals surface area contributed by atoms with Gasteiger partial charge in [0, 0.05) is 32.8 Å². The molecule has 4 rings (SSSR count). The number of anilines is 2. The molecule has 2 heterocycles. The molecule has 0 fully saturated rings. The van der Waals surface area contributed by atoms with E-state index in [1.54, 1.807) is 0 Å². The quantitative estimate of drug-likeness (QED) is 0.382. The first-order chi connectivity index (χ1) is 13.7. The lowest BCUT2D eigenvalue weighted by molar-refractivity contribution is 0.569. The van der Waals surface area contributed by atoms with E-state index in [1.807, 2.05) is 66.0 Å². The van der Waals surface area contributed by atoms with Gasteiger partial charge in [-0.25, -0.2) is 4.98 Å². The molecule has 0 aliphatic carbocycles. The van der Waals surface area contributed by atoms with Crippen LogP contribution in [0.25, 0.3) is 16.8 Å². The molecule has 0 aliphatic rings. The number of nitrogens with zero attached hydrogens (tertiary/aromatic N) is 3. The van der Waals surface area contributed by atoms with Crippen LogP contribution in [0.1, 0.15) is 32.2 Å². The van der Waals surface area contributed by atoms with Crippen molar-refractivity contribution in [3.8, 4) is 11.1 Å². The van der Waals surface area contributed by atoms with Crippen LogP contribution in [0.15, 0.2) is 54.6 Å². The van der Waals surface area contributed by atoms with E-state index >= 15 is 0 Å². The van der Waals surface area contributed by atoms with Gasteiger partial charge in [0.2, 0.25) is 0 Å². The average molecular weight is 425 g/mol. The van der Waals surface area contributed by atoms with Crippen molar-refractivity contribution in [3.05, 3.63) is 76.0 Å². The number of nitrogens with one attached hydrogen (secondary N) is 1. The molecule has 0 radical (unpaired) electrons. The van der Waals surface area contributed by atoms with Gasteiger partial charge in [-0.05, 0) is 42.8 Å². The van der Waals surface area contributed by atoms with Crippen LogP contribution in [0.4, 0.5) is 11.5 Å². The second-order valence-electron chi connectivity index (χ2n) is 8.11. The van der Waals surface area contributed by atoms with Gasteiger partial charge in [0.25, 0.3) is 0 Å². The van der Waals surface area contributed by atoms with E-state index in [2.05, 4.69) is 26.1 Å². The lowest BCUT2D eigenvalue weighted by Crippen LogP contribution is -2.16. The number of rotatable bonds is 3. The summed E-state index contributed by atoms with van der Waals surface area (Å²) in [5, 5.41) is 9.61. The Hall–Kier alpha value is -2.56. The van der Waals surface area contributed by atoms with Gasteiger partial charge in [-0.3, -0.25) is 0 Å². The highest BCUT2D eigenvalue weighted by Crippen LogP contribution is 2.33. The summed E-state index contributed by atoms with van der Waals surface area (Å²) >= 11 is 12.3. The maximum atomic E-state index is 6.17. The maximum absolute atomic E-state index is 6.17. The van der Waals surface area contributed by atoms with E-state index in [-0.39, 0.29) is 5.41 Å². The molecule has 4 nitrogen and oxygen atoms in total. The summed E-state index contributed by atoms with van der Waals surface area (Å²) in [5.74, 6) is 0.838. The third-order valence-electron chi connectivity index (χ3n) is 4.76. The third-order valence-corrected chi connectivity index (χ3v) is 5.25. The Bertz CT molecular complexity index is 1190. The van der Waals surface area contributed by atoms with Crippen molar-refractivity contribution in [3.63, 3.8) is 0 Å². The number of halogens is 2. The van der Waals surface area contributed by atoms with Crippen molar-refractivity contribution in [2.24, 2.45) is 0 Å². The van der Waals surface area contributed by atoms with Crippen LogP contribution in [-0.2, 0) is 5.41 Å². The molecule has 4 aromatic rings. The van der Waals surface area contributed by atoms with E-state index in [9.17, 15) is 0 Å². The molecule has 148 valence electrons. The SMILES string of the molecule is Cc1nn2c(Nc3cccc(Cl)c3)cc(C(C)(C)C)nc2c1-c1ccc(Cl)cc1. The topological polar surface area (TPSA) is 42.2 Å². The lowest BCUT2D eigenvalue weighted by atomic mass is 9.92. The van der Waals surface area contributed by atoms with Gasteiger partial charge in [0.05, 0.1) is 11.4 Å². The van der Waals surface area contributed by atoms with Crippen molar-refractivity contribution >= 4 is 40.4 Å². The van der Waals surface area contributed by atoms with Crippen LogP contribution < -0.4 is 5.32 Å². The Kier molecular flexibility index (Phi) is 5.01. The Morgan fingerprint density at radius 1 is 0.931 bits per heavy atom. The van der Waals surface area contributed by atoms with Crippen LogP contribution in [0.3, 0.4) is 0 Å². The standard InChI is InChI=1S/C23H22Cl2N4/c1-14-21(15-8-10-16(24)11-9-15)22-27-19(23(2,3)4)13-20(29(22)28-14)26-18-7-5-6-17(25)12-18/h5-13,26H,1-4H3. The molecular weight excluding hydrogens is 403 g/mol. The van der Waals surface area contributed by atoms with Crippen LogP contribution in [0, 0.1) is 6.92 Å². The zero-order valence-electron chi connectivity index (χ0n) is 16.8. The summed E-state index contributed by atoms with van der Waals surface area (Å²) < 4.78 is 1.86. The summed E-state index contributed by atoms with van der Waals surface area (Å²) in [5.41, 5.74) is 5.50. The highest BCUT2D eigenvalue weighted by Gasteiger charge is 2.22. The van der Waals surface area contributed by atoms with Gasteiger partial charge >= 0.3 is 0 Å². The lowest BCUT2D eigenvalue weighted by Gasteiger charge is -2.20. The third kappa shape index (κ3) is 3.96. The molecule has 29 heavy (non-hydrogen) atoms. The molecule has 2 aromatic carbocycles. The molecule has 0 bridgehead atoms. The fourth-order valence-electron chi connectivity index (χ4n) is 3.27. The largest absolute Gasteiger partial charge is 0.340 e. The van der Waals surface area contributed by atoms with E-state index < -0.39 is 0 Å².